The van der Waals surface area contributed by atoms with Gasteiger partial charge in [-0.2, -0.15) is 5.26 Å². The van der Waals surface area contributed by atoms with Gasteiger partial charge >= 0.3 is 0 Å². The number of hydrogen-bond acceptors (Lipinski definition) is 4. The van der Waals surface area contributed by atoms with Gasteiger partial charge in [0, 0.05) is 51.2 Å². The van der Waals surface area contributed by atoms with E-state index in [9.17, 15) is 14.4 Å². The highest BCUT2D eigenvalue weighted by molar-refractivity contribution is 5.97. The highest BCUT2D eigenvalue weighted by Crippen LogP contribution is 2.23. The van der Waals surface area contributed by atoms with E-state index in [2.05, 4.69) is 40.1 Å². The van der Waals surface area contributed by atoms with E-state index < -0.39 is 0 Å². The molecule has 32 heavy (non-hydrogen) atoms. The molecule has 2 heterocycles. The fraction of sp³-hybridized carbons (Fsp3) is 0.385. The Morgan fingerprint density at radius 3 is 2.25 bits per heavy atom. The number of nitrogens with zero attached hydrogens (tertiary/aromatic N) is 4. The molecule has 0 bridgehead atoms. The Labute approximate surface area is 189 Å². The molecular weight excluding hydrogens is 403 g/mol. The van der Waals surface area contributed by atoms with E-state index in [1.165, 1.54) is 17.7 Å². The summed E-state index contributed by atoms with van der Waals surface area (Å²) in [5, 5.41) is 9.62. The third-order valence-electron chi connectivity index (χ3n) is 6.44. The fourth-order valence-electron chi connectivity index (χ4n) is 4.54. The second-order valence-corrected chi connectivity index (χ2v) is 8.58. The minimum absolute atomic E-state index is 0.197. The Kier molecular flexibility index (Phi) is 7.06. The van der Waals surface area contributed by atoms with Gasteiger partial charge in [0.05, 0.1) is 0 Å². The molecule has 166 valence electrons. The van der Waals surface area contributed by atoms with Crippen LogP contribution in [0.25, 0.3) is 0 Å². The van der Waals surface area contributed by atoms with Crippen molar-refractivity contribution in [3.63, 3.8) is 0 Å². The summed E-state index contributed by atoms with van der Waals surface area (Å²) in [6, 6.07) is 19.1. The first-order valence-electron chi connectivity index (χ1n) is 11.3. The van der Waals surface area contributed by atoms with Crippen molar-refractivity contribution in [2.24, 2.45) is 5.92 Å². The van der Waals surface area contributed by atoms with Gasteiger partial charge in [0.25, 0.3) is 5.91 Å². The van der Waals surface area contributed by atoms with Crippen LogP contribution in [0.5, 0.6) is 0 Å². The molecule has 2 saturated heterocycles. The molecule has 6 heteroatoms. The molecule has 2 aromatic carbocycles. The van der Waals surface area contributed by atoms with E-state index in [1.54, 1.807) is 23.2 Å². The van der Waals surface area contributed by atoms with E-state index in [0.717, 1.165) is 38.0 Å². The van der Waals surface area contributed by atoms with Crippen LogP contribution in [-0.2, 0) is 11.2 Å². The zero-order valence-electron chi connectivity index (χ0n) is 18.3. The van der Waals surface area contributed by atoms with Crippen molar-refractivity contribution in [3.8, 4) is 6.07 Å². The maximum atomic E-state index is 13.1. The van der Waals surface area contributed by atoms with Gasteiger partial charge in [-0.25, -0.2) is 4.39 Å². The lowest BCUT2D eigenvalue weighted by atomic mass is 9.90. The molecule has 2 aromatic rings. The van der Waals surface area contributed by atoms with Gasteiger partial charge < -0.3 is 14.7 Å². The molecule has 0 spiro atoms. The van der Waals surface area contributed by atoms with Crippen LogP contribution in [0.2, 0.25) is 0 Å². The summed E-state index contributed by atoms with van der Waals surface area (Å²) in [6.07, 6.45) is 4.97. The summed E-state index contributed by atoms with van der Waals surface area (Å²) < 4.78 is 13.1. The number of carbonyl (C=O) groups is 1. The number of likely N-dealkylation sites (tertiary alicyclic amines) is 1. The molecule has 0 radical (unpaired) electrons. The van der Waals surface area contributed by atoms with E-state index >= 15 is 0 Å². The second kappa shape index (κ2) is 10.3. The van der Waals surface area contributed by atoms with Crippen LogP contribution in [0.3, 0.4) is 0 Å². The molecule has 0 N–H and O–H groups in total. The number of piperazine rings is 1. The molecule has 5 nitrogen and oxygen atoms in total. The Morgan fingerprint density at radius 2 is 1.62 bits per heavy atom. The minimum Gasteiger partial charge on any atom is -0.376 e. The zero-order chi connectivity index (χ0) is 22.3. The molecule has 4 rings (SSSR count). The predicted molar refractivity (Wildman–Crippen MR) is 123 cm³/mol. The van der Waals surface area contributed by atoms with E-state index in [1.807, 2.05) is 6.07 Å². The fourth-order valence-corrected chi connectivity index (χ4v) is 4.54. The Morgan fingerprint density at radius 1 is 0.969 bits per heavy atom. The average molecular weight is 433 g/mol. The number of hydrogen-bond donors (Lipinski definition) is 0. The first-order valence-corrected chi connectivity index (χ1v) is 11.3. The molecule has 2 aliphatic rings. The van der Waals surface area contributed by atoms with Crippen LogP contribution >= 0.6 is 0 Å². The molecule has 0 atom stereocenters. The molecule has 1 amide bonds. The van der Waals surface area contributed by atoms with Gasteiger partial charge in [0.1, 0.15) is 17.5 Å². The smallest absolute Gasteiger partial charge is 0.266 e. The van der Waals surface area contributed by atoms with Crippen molar-refractivity contribution in [1.29, 1.82) is 5.26 Å². The number of carbonyl (C=O) groups excluding carboxylic acids is 1. The van der Waals surface area contributed by atoms with Gasteiger partial charge in [-0.1, -0.05) is 30.3 Å². The number of rotatable bonds is 5. The Balaban J connectivity index is 1.28. The molecule has 0 aromatic heterocycles. The van der Waals surface area contributed by atoms with Crippen molar-refractivity contribution in [2.75, 3.05) is 44.2 Å². The highest BCUT2D eigenvalue weighted by atomic mass is 19.1. The monoisotopic (exact) mass is 432 g/mol. The molecule has 0 aliphatic carbocycles. The van der Waals surface area contributed by atoms with Gasteiger partial charge in [-0.05, 0) is 55.0 Å². The van der Waals surface area contributed by atoms with Crippen molar-refractivity contribution in [3.05, 3.63) is 77.8 Å². The van der Waals surface area contributed by atoms with E-state index in [4.69, 9.17) is 0 Å². The van der Waals surface area contributed by atoms with Crippen LogP contribution in [0.15, 0.2) is 66.4 Å². The summed E-state index contributed by atoms with van der Waals surface area (Å²) in [5.41, 5.74) is 2.53. The first kappa shape index (κ1) is 21.9. The minimum atomic E-state index is -0.254. The van der Waals surface area contributed by atoms with Crippen LogP contribution in [-0.4, -0.2) is 55.0 Å². The lowest BCUT2D eigenvalue weighted by Crippen LogP contribution is -2.49. The van der Waals surface area contributed by atoms with Gasteiger partial charge in [0.15, 0.2) is 0 Å². The second-order valence-electron chi connectivity index (χ2n) is 8.58. The van der Waals surface area contributed by atoms with Crippen LogP contribution in [0, 0.1) is 23.1 Å². The van der Waals surface area contributed by atoms with Crippen LogP contribution < -0.4 is 4.90 Å². The zero-order valence-corrected chi connectivity index (χ0v) is 18.3. The number of benzene rings is 2. The molecule has 2 aliphatic heterocycles. The van der Waals surface area contributed by atoms with Crippen molar-refractivity contribution in [1.82, 2.24) is 9.80 Å². The molecular formula is C26H29FN4O. The Bertz CT molecular complexity index is 967. The van der Waals surface area contributed by atoms with E-state index in [0.29, 0.717) is 32.1 Å². The first-order chi connectivity index (χ1) is 15.6. The lowest BCUT2D eigenvalue weighted by molar-refractivity contribution is -0.127. The average Bonchev–Trinajstić information content (AvgIpc) is 2.84. The van der Waals surface area contributed by atoms with Gasteiger partial charge in [-0.3, -0.25) is 4.79 Å². The summed E-state index contributed by atoms with van der Waals surface area (Å²) in [4.78, 5) is 18.9. The summed E-state index contributed by atoms with van der Waals surface area (Å²) in [5.74, 6) is 0.191. The van der Waals surface area contributed by atoms with E-state index in [-0.39, 0.29) is 17.3 Å². The number of halogens is 1. The lowest BCUT2D eigenvalue weighted by Gasteiger charge is -2.36. The molecule has 0 saturated carbocycles. The number of anilines is 1. The number of amides is 1. The standard InChI is InChI=1S/C26H29FN4O/c27-24-6-8-25(9-7-24)30-14-16-31(17-15-30)26(32)23(19-28)20-29-12-10-22(11-13-29)18-21-4-2-1-3-5-21/h1-9,20,22H,10-18H2/b23-20-. The quantitative estimate of drug-likeness (QED) is 0.532. The normalized spacial score (nSPS) is 17.9. The summed E-state index contributed by atoms with van der Waals surface area (Å²) in [7, 11) is 0. The third-order valence-corrected chi connectivity index (χ3v) is 6.44. The maximum absolute atomic E-state index is 13.1. The largest absolute Gasteiger partial charge is 0.376 e. The van der Waals surface area contributed by atoms with Crippen molar-refractivity contribution in [2.45, 2.75) is 19.3 Å². The van der Waals surface area contributed by atoms with Gasteiger partial charge in [-0.15, -0.1) is 0 Å². The summed E-state index contributed by atoms with van der Waals surface area (Å²) in [6.45, 7) is 4.17. The SMILES string of the molecule is N#C/C(=C/N1CCC(Cc2ccccc2)CC1)C(=O)N1CCN(c2ccc(F)cc2)CC1. The number of piperidine rings is 1. The molecule has 2 fully saturated rings. The topological polar surface area (TPSA) is 50.6 Å². The Hall–Kier alpha value is -3.33. The third kappa shape index (κ3) is 5.47. The van der Waals surface area contributed by atoms with Crippen molar-refractivity contribution < 1.29 is 9.18 Å². The summed E-state index contributed by atoms with van der Waals surface area (Å²) >= 11 is 0. The van der Waals surface area contributed by atoms with Crippen molar-refractivity contribution >= 4 is 11.6 Å². The van der Waals surface area contributed by atoms with Crippen LogP contribution in [0.4, 0.5) is 10.1 Å². The van der Waals surface area contributed by atoms with Crippen LogP contribution in [0.1, 0.15) is 18.4 Å². The highest BCUT2D eigenvalue weighted by Gasteiger charge is 2.25. The number of nitriles is 1. The predicted octanol–water partition coefficient (Wildman–Crippen LogP) is 3.84. The van der Waals surface area contributed by atoms with Gasteiger partial charge in [0.2, 0.25) is 0 Å². The molecule has 0 unspecified atom stereocenters. The maximum Gasteiger partial charge on any atom is 0.266 e.